The van der Waals surface area contributed by atoms with Crippen molar-refractivity contribution in [2.75, 3.05) is 5.32 Å². The van der Waals surface area contributed by atoms with Gasteiger partial charge in [-0.25, -0.2) is 0 Å². The van der Waals surface area contributed by atoms with E-state index in [0.29, 0.717) is 0 Å². The Labute approximate surface area is 94.8 Å². The van der Waals surface area contributed by atoms with Crippen LogP contribution in [-0.2, 0) is 4.79 Å². The van der Waals surface area contributed by atoms with Crippen LogP contribution in [0.25, 0.3) is 0 Å². The lowest BCUT2D eigenvalue weighted by atomic mass is 10.2. The number of nitro benzene ring substituents is 1. The van der Waals surface area contributed by atoms with Crippen LogP contribution >= 0.6 is 15.9 Å². The number of para-hydroxylation sites is 2. The number of hydrogen-bond acceptors (Lipinski definition) is 3. The average Bonchev–Trinajstić information content (AvgIpc) is 2.18. The van der Waals surface area contributed by atoms with Crippen LogP contribution in [0.1, 0.15) is 6.92 Å². The minimum absolute atomic E-state index is 0.112. The lowest BCUT2D eigenvalue weighted by Crippen LogP contribution is -2.20. The van der Waals surface area contributed by atoms with Crippen LogP contribution in [0.2, 0.25) is 0 Å². The SMILES string of the molecule is CC(Br)C(=O)Nc1ccccc1[N+](=O)[O-]. The van der Waals surface area contributed by atoms with Gasteiger partial charge < -0.3 is 5.32 Å². The molecule has 5 nitrogen and oxygen atoms in total. The number of benzene rings is 1. The zero-order valence-corrected chi connectivity index (χ0v) is 9.52. The van der Waals surface area contributed by atoms with Gasteiger partial charge in [0.15, 0.2) is 0 Å². The third kappa shape index (κ3) is 3.02. The molecule has 0 bridgehead atoms. The molecule has 1 aromatic carbocycles. The molecule has 0 aliphatic rings. The van der Waals surface area contributed by atoms with E-state index in [1.807, 2.05) is 0 Å². The van der Waals surface area contributed by atoms with Crippen molar-refractivity contribution >= 4 is 33.2 Å². The van der Waals surface area contributed by atoms with Crippen molar-refractivity contribution in [2.45, 2.75) is 11.8 Å². The van der Waals surface area contributed by atoms with Gasteiger partial charge in [-0.05, 0) is 13.0 Å². The second kappa shape index (κ2) is 4.88. The number of nitro groups is 1. The summed E-state index contributed by atoms with van der Waals surface area (Å²) >= 11 is 3.08. The molecule has 0 heterocycles. The first-order valence-electron chi connectivity index (χ1n) is 4.20. The summed E-state index contributed by atoms with van der Waals surface area (Å²) in [6.45, 7) is 1.64. The largest absolute Gasteiger partial charge is 0.319 e. The van der Waals surface area contributed by atoms with E-state index in [1.165, 1.54) is 12.1 Å². The summed E-state index contributed by atoms with van der Waals surface area (Å²) in [5.74, 6) is -0.315. The van der Waals surface area contributed by atoms with Gasteiger partial charge in [-0.15, -0.1) is 0 Å². The van der Waals surface area contributed by atoms with E-state index in [9.17, 15) is 14.9 Å². The molecule has 0 fully saturated rings. The minimum Gasteiger partial charge on any atom is -0.319 e. The Morgan fingerprint density at radius 3 is 2.67 bits per heavy atom. The van der Waals surface area contributed by atoms with Gasteiger partial charge in [0.25, 0.3) is 5.69 Å². The van der Waals surface area contributed by atoms with Gasteiger partial charge in [0.1, 0.15) is 5.69 Å². The number of carbonyl (C=O) groups is 1. The molecule has 1 unspecified atom stereocenters. The molecule has 0 saturated heterocycles. The topological polar surface area (TPSA) is 72.2 Å². The van der Waals surface area contributed by atoms with Crippen LogP contribution in [0.5, 0.6) is 0 Å². The summed E-state index contributed by atoms with van der Waals surface area (Å²) in [4.78, 5) is 21.0. The first-order chi connectivity index (χ1) is 7.02. The highest BCUT2D eigenvalue weighted by Crippen LogP contribution is 2.23. The highest BCUT2D eigenvalue weighted by atomic mass is 79.9. The Balaban J connectivity index is 2.94. The van der Waals surface area contributed by atoms with Gasteiger partial charge in [0, 0.05) is 6.07 Å². The van der Waals surface area contributed by atoms with Crippen LogP contribution in [0.4, 0.5) is 11.4 Å². The molecular weight excluding hydrogens is 264 g/mol. The van der Waals surface area contributed by atoms with Crippen LogP contribution in [0, 0.1) is 10.1 Å². The van der Waals surface area contributed by atoms with Gasteiger partial charge in [0.2, 0.25) is 5.91 Å². The van der Waals surface area contributed by atoms with E-state index in [-0.39, 0.29) is 17.3 Å². The molecule has 1 aromatic rings. The summed E-state index contributed by atoms with van der Waals surface area (Å²) in [5.41, 5.74) is 0.0952. The molecule has 1 amide bonds. The lowest BCUT2D eigenvalue weighted by Gasteiger charge is -2.06. The molecule has 15 heavy (non-hydrogen) atoms. The summed E-state index contributed by atoms with van der Waals surface area (Å²) in [6.07, 6.45) is 0. The zero-order chi connectivity index (χ0) is 11.4. The fraction of sp³-hybridized carbons (Fsp3) is 0.222. The first kappa shape index (κ1) is 11.6. The molecule has 0 saturated carbocycles. The predicted molar refractivity (Wildman–Crippen MR) is 60.1 cm³/mol. The van der Waals surface area contributed by atoms with Gasteiger partial charge in [-0.3, -0.25) is 14.9 Å². The monoisotopic (exact) mass is 272 g/mol. The predicted octanol–water partition coefficient (Wildman–Crippen LogP) is 2.32. The maximum Gasteiger partial charge on any atom is 0.292 e. The fourth-order valence-corrected chi connectivity index (χ4v) is 1.09. The molecule has 0 aliphatic heterocycles. The number of hydrogen-bond donors (Lipinski definition) is 1. The first-order valence-corrected chi connectivity index (χ1v) is 5.12. The zero-order valence-electron chi connectivity index (χ0n) is 7.94. The second-order valence-corrected chi connectivity index (χ2v) is 4.25. The van der Waals surface area contributed by atoms with Crippen LogP contribution in [0.15, 0.2) is 24.3 Å². The smallest absolute Gasteiger partial charge is 0.292 e. The Bertz CT molecular complexity index is 393. The summed E-state index contributed by atoms with van der Waals surface area (Å²) in [5, 5.41) is 13.1. The van der Waals surface area contributed by atoms with E-state index >= 15 is 0 Å². The van der Waals surface area contributed by atoms with Crippen molar-refractivity contribution in [3.8, 4) is 0 Å². The highest BCUT2D eigenvalue weighted by molar-refractivity contribution is 9.10. The number of carbonyl (C=O) groups excluding carboxylic acids is 1. The number of halogens is 1. The van der Waals surface area contributed by atoms with E-state index in [1.54, 1.807) is 19.1 Å². The number of nitrogens with one attached hydrogen (secondary N) is 1. The molecule has 80 valence electrons. The molecule has 0 aliphatic carbocycles. The van der Waals surface area contributed by atoms with Gasteiger partial charge in [-0.1, -0.05) is 28.1 Å². The van der Waals surface area contributed by atoms with Crippen molar-refractivity contribution in [1.29, 1.82) is 0 Å². The Morgan fingerprint density at radius 2 is 2.13 bits per heavy atom. The molecule has 1 rings (SSSR count). The number of alkyl halides is 1. The number of anilines is 1. The van der Waals surface area contributed by atoms with Gasteiger partial charge in [-0.2, -0.15) is 0 Å². The minimum atomic E-state index is -0.533. The van der Waals surface area contributed by atoms with E-state index < -0.39 is 9.75 Å². The van der Waals surface area contributed by atoms with Crippen molar-refractivity contribution in [2.24, 2.45) is 0 Å². The number of rotatable bonds is 3. The Morgan fingerprint density at radius 1 is 1.53 bits per heavy atom. The van der Waals surface area contributed by atoms with Gasteiger partial charge in [0.05, 0.1) is 9.75 Å². The maximum atomic E-state index is 11.3. The van der Waals surface area contributed by atoms with Gasteiger partial charge >= 0.3 is 0 Å². The molecular formula is C9H9BrN2O3. The average molecular weight is 273 g/mol. The van der Waals surface area contributed by atoms with Crippen LogP contribution in [0.3, 0.4) is 0 Å². The number of amides is 1. The van der Waals surface area contributed by atoms with Crippen molar-refractivity contribution in [3.63, 3.8) is 0 Å². The van der Waals surface area contributed by atoms with E-state index in [0.717, 1.165) is 0 Å². The molecule has 0 radical (unpaired) electrons. The van der Waals surface area contributed by atoms with Crippen LogP contribution in [-0.4, -0.2) is 15.7 Å². The number of nitrogens with zero attached hydrogens (tertiary/aromatic N) is 1. The fourth-order valence-electron chi connectivity index (χ4n) is 0.971. The third-order valence-electron chi connectivity index (χ3n) is 1.72. The molecule has 1 N–H and O–H groups in total. The second-order valence-electron chi connectivity index (χ2n) is 2.88. The quantitative estimate of drug-likeness (QED) is 0.521. The maximum absolute atomic E-state index is 11.3. The normalized spacial score (nSPS) is 11.9. The molecule has 0 spiro atoms. The summed E-state index contributed by atoms with van der Waals surface area (Å²) in [7, 11) is 0. The third-order valence-corrected chi connectivity index (χ3v) is 2.14. The van der Waals surface area contributed by atoms with E-state index in [2.05, 4.69) is 21.2 Å². The van der Waals surface area contributed by atoms with Crippen LogP contribution < -0.4 is 5.32 Å². The highest BCUT2D eigenvalue weighted by Gasteiger charge is 2.16. The van der Waals surface area contributed by atoms with Crippen molar-refractivity contribution < 1.29 is 9.72 Å². The van der Waals surface area contributed by atoms with E-state index in [4.69, 9.17) is 0 Å². The van der Waals surface area contributed by atoms with Crippen molar-refractivity contribution in [1.82, 2.24) is 0 Å². The molecule has 6 heteroatoms. The molecule has 0 aromatic heterocycles. The summed E-state index contributed by atoms with van der Waals surface area (Å²) < 4.78 is 0. The standard InChI is InChI=1S/C9H9BrN2O3/c1-6(10)9(13)11-7-4-2-3-5-8(7)12(14)15/h2-6H,1H3,(H,11,13). The van der Waals surface area contributed by atoms with Crippen molar-refractivity contribution in [3.05, 3.63) is 34.4 Å². The summed E-state index contributed by atoms with van der Waals surface area (Å²) in [6, 6.07) is 6.01. The Kier molecular flexibility index (Phi) is 3.79. The Hall–Kier alpha value is -1.43. The molecule has 1 atom stereocenters. The lowest BCUT2D eigenvalue weighted by molar-refractivity contribution is -0.383.